The third-order valence-corrected chi connectivity index (χ3v) is 9.03. The molecular formula is C31H50O2. The first-order valence-electron chi connectivity index (χ1n) is 13.8. The van der Waals surface area contributed by atoms with Gasteiger partial charge in [0.15, 0.2) is 0 Å². The van der Waals surface area contributed by atoms with Crippen molar-refractivity contribution in [3.63, 3.8) is 0 Å². The van der Waals surface area contributed by atoms with Crippen molar-refractivity contribution in [2.45, 2.75) is 125 Å². The Morgan fingerprint density at radius 1 is 0.939 bits per heavy atom. The van der Waals surface area contributed by atoms with Gasteiger partial charge in [0.25, 0.3) is 0 Å². The van der Waals surface area contributed by atoms with Crippen molar-refractivity contribution in [3.8, 4) is 5.75 Å². The van der Waals surface area contributed by atoms with Crippen LogP contribution in [0.15, 0.2) is 24.3 Å². The Kier molecular flexibility index (Phi) is 7.00. The molecule has 0 spiro atoms. The Labute approximate surface area is 204 Å². The van der Waals surface area contributed by atoms with Crippen LogP contribution in [0.1, 0.15) is 118 Å². The van der Waals surface area contributed by atoms with Gasteiger partial charge in [0.2, 0.25) is 6.29 Å². The zero-order chi connectivity index (χ0) is 24.0. The van der Waals surface area contributed by atoms with Crippen LogP contribution in [-0.4, -0.2) is 12.4 Å². The van der Waals surface area contributed by atoms with Crippen LogP contribution in [0.3, 0.4) is 0 Å². The average Bonchev–Trinajstić information content (AvgIpc) is 3.40. The molecule has 3 aliphatic carbocycles. The van der Waals surface area contributed by atoms with E-state index < -0.39 is 0 Å². The van der Waals surface area contributed by atoms with E-state index in [1.807, 2.05) is 0 Å². The topological polar surface area (TPSA) is 18.5 Å². The molecule has 3 aliphatic rings. The highest BCUT2D eigenvalue weighted by atomic mass is 16.7. The van der Waals surface area contributed by atoms with Crippen molar-refractivity contribution in [2.75, 3.05) is 0 Å². The van der Waals surface area contributed by atoms with Crippen molar-refractivity contribution >= 4 is 0 Å². The van der Waals surface area contributed by atoms with Crippen LogP contribution in [0.5, 0.6) is 5.75 Å². The first-order valence-corrected chi connectivity index (χ1v) is 13.8. The smallest absolute Gasteiger partial charge is 0.205 e. The van der Waals surface area contributed by atoms with Crippen LogP contribution in [0.2, 0.25) is 0 Å². The van der Waals surface area contributed by atoms with Gasteiger partial charge in [-0.3, -0.25) is 0 Å². The summed E-state index contributed by atoms with van der Waals surface area (Å²) >= 11 is 0. The molecule has 0 radical (unpaired) electrons. The summed E-state index contributed by atoms with van der Waals surface area (Å²) in [5, 5.41) is 0. The van der Waals surface area contributed by atoms with Crippen LogP contribution in [-0.2, 0) is 4.74 Å². The minimum Gasteiger partial charge on any atom is -0.464 e. The predicted octanol–water partition coefficient (Wildman–Crippen LogP) is 8.99. The van der Waals surface area contributed by atoms with Gasteiger partial charge in [0, 0.05) is 5.41 Å². The summed E-state index contributed by atoms with van der Waals surface area (Å²) in [7, 11) is 0. The quantitative estimate of drug-likeness (QED) is 0.383. The minimum absolute atomic E-state index is 0.0958. The maximum Gasteiger partial charge on any atom is 0.205 e. The lowest BCUT2D eigenvalue weighted by Crippen LogP contribution is -2.41. The summed E-state index contributed by atoms with van der Waals surface area (Å²) < 4.78 is 13.6. The summed E-state index contributed by atoms with van der Waals surface area (Å²) in [5.74, 6) is 3.80. The van der Waals surface area contributed by atoms with Crippen LogP contribution < -0.4 is 4.74 Å². The molecule has 3 fully saturated rings. The highest BCUT2D eigenvalue weighted by Crippen LogP contribution is 2.57. The summed E-state index contributed by atoms with van der Waals surface area (Å²) in [6, 6.07) is 9.06. The van der Waals surface area contributed by atoms with Gasteiger partial charge in [-0.1, -0.05) is 67.5 Å². The summed E-state index contributed by atoms with van der Waals surface area (Å²) in [6.07, 6.45) is 10.5. The van der Waals surface area contributed by atoms with Crippen molar-refractivity contribution < 1.29 is 9.47 Å². The first-order chi connectivity index (χ1) is 15.3. The Hall–Kier alpha value is -1.02. The van der Waals surface area contributed by atoms with Gasteiger partial charge in [-0.2, -0.15) is 0 Å². The van der Waals surface area contributed by atoms with Crippen LogP contribution in [0.25, 0.3) is 0 Å². The van der Waals surface area contributed by atoms with E-state index >= 15 is 0 Å². The number of rotatable bonds is 7. The molecule has 0 aliphatic heterocycles. The second-order valence-corrected chi connectivity index (χ2v) is 14.4. The molecule has 4 rings (SSSR count). The molecule has 0 saturated heterocycles. The third-order valence-electron chi connectivity index (χ3n) is 9.03. The molecule has 0 aromatic heterocycles. The minimum atomic E-state index is -0.0958. The molecule has 0 amide bonds. The second kappa shape index (κ2) is 9.21. The van der Waals surface area contributed by atoms with Gasteiger partial charge >= 0.3 is 0 Å². The van der Waals surface area contributed by atoms with Crippen LogP contribution in [0, 0.1) is 34.0 Å². The third kappa shape index (κ3) is 5.80. The maximum atomic E-state index is 6.88. The summed E-state index contributed by atoms with van der Waals surface area (Å²) in [4.78, 5) is 0. The zero-order valence-corrected chi connectivity index (χ0v) is 22.7. The number of hydrogen-bond donors (Lipinski definition) is 0. The van der Waals surface area contributed by atoms with Gasteiger partial charge in [-0.25, -0.2) is 0 Å². The number of fused-ring (bicyclic) bond motifs is 2. The first kappa shape index (κ1) is 25.1. The van der Waals surface area contributed by atoms with E-state index in [-0.39, 0.29) is 17.1 Å². The normalized spacial score (nSPS) is 33.9. The van der Waals surface area contributed by atoms with E-state index in [1.54, 1.807) is 0 Å². The van der Waals surface area contributed by atoms with E-state index in [1.165, 1.54) is 56.9 Å². The lowest BCUT2D eigenvalue weighted by Gasteiger charge is -2.38. The number of benzene rings is 1. The molecule has 0 N–H and O–H groups in total. The molecule has 186 valence electrons. The lowest BCUT2D eigenvalue weighted by molar-refractivity contribution is -0.189. The van der Waals surface area contributed by atoms with Crippen molar-refractivity contribution in [1.82, 2.24) is 0 Å². The van der Waals surface area contributed by atoms with Gasteiger partial charge in [-0.15, -0.1) is 0 Å². The van der Waals surface area contributed by atoms with E-state index in [0.717, 1.165) is 17.6 Å². The molecule has 2 heteroatoms. The van der Waals surface area contributed by atoms with Gasteiger partial charge in [0.05, 0.1) is 6.10 Å². The second-order valence-electron chi connectivity index (χ2n) is 14.4. The standard InChI is InChI=1S/C31H50O2/c1-21-17-22(2)27(18-21)33-28(31-15-13-23(19-31)14-16-31)32-25-11-9-24(10-12-25)26(30(6,7)8)20-29(3,4)5/h9-12,21-23,26-28H,13-20H2,1-8H3. The molecule has 3 saturated carbocycles. The fraction of sp³-hybridized carbons (Fsp3) is 0.806. The van der Waals surface area contributed by atoms with Crippen LogP contribution >= 0.6 is 0 Å². The molecule has 0 heterocycles. The van der Waals surface area contributed by atoms with Gasteiger partial charge in [0.1, 0.15) is 5.75 Å². The Morgan fingerprint density at radius 2 is 1.58 bits per heavy atom. The lowest BCUT2D eigenvalue weighted by atomic mass is 9.69. The van der Waals surface area contributed by atoms with Crippen molar-refractivity contribution in [3.05, 3.63) is 29.8 Å². The molecule has 1 aromatic carbocycles. The highest BCUT2D eigenvalue weighted by molar-refractivity contribution is 5.31. The Morgan fingerprint density at radius 3 is 2.03 bits per heavy atom. The number of ether oxygens (including phenoxy) is 2. The molecule has 5 unspecified atom stereocenters. The maximum absolute atomic E-state index is 6.88. The molecule has 2 bridgehead atoms. The fourth-order valence-corrected chi connectivity index (χ4v) is 7.16. The largest absolute Gasteiger partial charge is 0.464 e. The van der Waals surface area contributed by atoms with Gasteiger partial charge < -0.3 is 9.47 Å². The monoisotopic (exact) mass is 454 g/mol. The fourth-order valence-electron chi connectivity index (χ4n) is 7.16. The van der Waals surface area contributed by atoms with Crippen molar-refractivity contribution in [1.29, 1.82) is 0 Å². The number of hydrogen-bond acceptors (Lipinski definition) is 2. The SMILES string of the molecule is CC1CC(C)C(OC(Oc2ccc(C(CC(C)(C)C)C(C)(C)C)cc2)C23CCC(CC2)C3)C1. The summed E-state index contributed by atoms with van der Waals surface area (Å²) in [5.41, 5.74) is 2.20. The summed E-state index contributed by atoms with van der Waals surface area (Å²) in [6.45, 7) is 18.9. The highest BCUT2D eigenvalue weighted by Gasteiger charge is 2.53. The molecule has 5 atom stereocenters. The average molecular weight is 455 g/mol. The van der Waals surface area contributed by atoms with Crippen LogP contribution in [0.4, 0.5) is 0 Å². The van der Waals surface area contributed by atoms with Crippen molar-refractivity contribution in [2.24, 2.45) is 34.0 Å². The van der Waals surface area contributed by atoms with E-state index in [4.69, 9.17) is 9.47 Å². The van der Waals surface area contributed by atoms with E-state index in [2.05, 4.69) is 79.7 Å². The zero-order valence-electron chi connectivity index (χ0n) is 22.7. The molecular weight excluding hydrogens is 404 g/mol. The Balaban J connectivity index is 1.52. The van der Waals surface area contributed by atoms with Gasteiger partial charge in [-0.05, 0) is 104 Å². The predicted molar refractivity (Wildman–Crippen MR) is 139 cm³/mol. The van der Waals surface area contributed by atoms with E-state index in [0.29, 0.717) is 23.4 Å². The molecule has 33 heavy (non-hydrogen) atoms. The van der Waals surface area contributed by atoms with E-state index in [9.17, 15) is 0 Å². The molecule has 2 nitrogen and oxygen atoms in total. The Bertz CT molecular complexity index is 773. The molecule has 1 aromatic rings.